The maximum Gasteiger partial charge on any atom is 0.205 e. The first-order chi connectivity index (χ1) is 11.1. The molecule has 0 saturated carbocycles. The molecule has 1 heterocycles. The fourth-order valence-corrected chi connectivity index (χ4v) is 2.70. The van der Waals surface area contributed by atoms with Gasteiger partial charge in [0, 0.05) is 17.6 Å². The van der Waals surface area contributed by atoms with E-state index in [2.05, 4.69) is 5.32 Å². The normalized spacial score (nSPS) is 10.6. The molecule has 5 heteroatoms. The SMILES string of the molecule is CNc1oc(-c2ccccc2)c(O)c1-c1cc(Cl)cc(OC)c1. The van der Waals surface area contributed by atoms with Crippen molar-refractivity contribution < 1.29 is 14.3 Å². The molecule has 0 spiro atoms. The van der Waals surface area contributed by atoms with Crippen molar-refractivity contribution in [2.45, 2.75) is 0 Å². The van der Waals surface area contributed by atoms with Crippen LogP contribution < -0.4 is 10.1 Å². The molecule has 3 rings (SSSR count). The van der Waals surface area contributed by atoms with Crippen molar-refractivity contribution in [3.63, 3.8) is 0 Å². The Labute approximate surface area is 139 Å². The lowest BCUT2D eigenvalue weighted by molar-refractivity contribution is 0.415. The van der Waals surface area contributed by atoms with Crippen molar-refractivity contribution in [2.24, 2.45) is 0 Å². The summed E-state index contributed by atoms with van der Waals surface area (Å²) in [7, 11) is 3.30. The molecule has 0 aliphatic rings. The van der Waals surface area contributed by atoms with E-state index in [0.29, 0.717) is 33.5 Å². The summed E-state index contributed by atoms with van der Waals surface area (Å²) in [5.41, 5.74) is 2.05. The molecule has 3 aromatic rings. The van der Waals surface area contributed by atoms with Crippen LogP contribution in [0.2, 0.25) is 5.02 Å². The van der Waals surface area contributed by atoms with Crippen LogP contribution in [-0.2, 0) is 0 Å². The van der Waals surface area contributed by atoms with Crippen LogP contribution in [0.15, 0.2) is 52.9 Å². The number of furan rings is 1. The van der Waals surface area contributed by atoms with Crippen LogP contribution in [-0.4, -0.2) is 19.3 Å². The Balaban J connectivity index is 2.20. The van der Waals surface area contributed by atoms with Gasteiger partial charge in [0.1, 0.15) is 5.75 Å². The fraction of sp³-hybridized carbons (Fsp3) is 0.111. The second-order valence-electron chi connectivity index (χ2n) is 4.98. The highest BCUT2D eigenvalue weighted by Gasteiger charge is 2.22. The minimum absolute atomic E-state index is 0.0601. The molecule has 2 N–H and O–H groups in total. The average molecular weight is 330 g/mol. The molecule has 0 amide bonds. The Hall–Kier alpha value is -2.59. The highest BCUT2D eigenvalue weighted by molar-refractivity contribution is 6.31. The molecular weight excluding hydrogens is 314 g/mol. The van der Waals surface area contributed by atoms with E-state index in [1.54, 1.807) is 32.4 Å². The lowest BCUT2D eigenvalue weighted by atomic mass is 10.0. The van der Waals surface area contributed by atoms with E-state index in [4.69, 9.17) is 20.8 Å². The zero-order valence-electron chi connectivity index (χ0n) is 12.8. The molecule has 0 atom stereocenters. The summed E-state index contributed by atoms with van der Waals surface area (Å²) in [4.78, 5) is 0. The van der Waals surface area contributed by atoms with Crippen molar-refractivity contribution in [1.82, 2.24) is 0 Å². The largest absolute Gasteiger partial charge is 0.504 e. The first kappa shape index (κ1) is 15.3. The number of benzene rings is 2. The van der Waals surface area contributed by atoms with Gasteiger partial charge in [-0.2, -0.15) is 0 Å². The van der Waals surface area contributed by atoms with E-state index < -0.39 is 0 Å². The molecular formula is C18H16ClNO3. The van der Waals surface area contributed by atoms with Crippen LogP contribution in [0, 0.1) is 0 Å². The average Bonchev–Trinajstić information content (AvgIpc) is 2.91. The Kier molecular flexibility index (Phi) is 4.17. The number of rotatable bonds is 4. The minimum atomic E-state index is 0.0601. The molecule has 0 saturated heterocycles. The third-order valence-electron chi connectivity index (χ3n) is 3.54. The number of nitrogens with one attached hydrogen (secondary N) is 1. The number of aromatic hydroxyl groups is 1. The molecule has 0 bridgehead atoms. The lowest BCUT2D eigenvalue weighted by Crippen LogP contribution is -1.89. The number of halogens is 1. The number of hydrogen-bond donors (Lipinski definition) is 2. The van der Waals surface area contributed by atoms with Gasteiger partial charge in [0.15, 0.2) is 11.5 Å². The zero-order valence-corrected chi connectivity index (χ0v) is 13.5. The molecule has 4 nitrogen and oxygen atoms in total. The number of ether oxygens (including phenoxy) is 1. The molecule has 2 aromatic carbocycles. The van der Waals surface area contributed by atoms with Crippen LogP contribution in [0.3, 0.4) is 0 Å². The Bertz CT molecular complexity index is 828. The zero-order chi connectivity index (χ0) is 16.4. The van der Waals surface area contributed by atoms with Crippen LogP contribution in [0.25, 0.3) is 22.5 Å². The molecule has 0 aliphatic carbocycles. The number of anilines is 1. The molecule has 1 aromatic heterocycles. The van der Waals surface area contributed by atoms with E-state index in [1.165, 1.54) is 0 Å². The Morgan fingerprint density at radius 3 is 2.48 bits per heavy atom. The minimum Gasteiger partial charge on any atom is -0.504 e. The van der Waals surface area contributed by atoms with Gasteiger partial charge in [-0.25, -0.2) is 0 Å². The lowest BCUT2D eigenvalue weighted by Gasteiger charge is -2.06. The van der Waals surface area contributed by atoms with Gasteiger partial charge in [0.2, 0.25) is 5.88 Å². The third-order valence-corrected chi connectivity index (χ3v) is 3.76. The first-order valence-electron chi connectivity index (χ1n) is 7.08. The highest BCUT2D eigenvalue weighted by atomic mass is 35.5. The van der Waals surface area contributed by atoms with Crippen molar-refractivity contribution in [2.75, 3.05) is 19.5 Å². The summed E-state index contributed by atoms with van der Waals surface area (Å²) in [6.07, 6.45) is 0. The molecule has 0 fully saturated rings. The van der Waals surface area contributed by atoms with Crippen LogP contribution in [0.1, 0.15) is 0 Å². The van der Waals surface area contributed by atoms with Gasteiger partial charge < -0.3 is 19.6 Å². The second kappa shape index (κ2) is 6.26. The van der Waals surface area contributed by atoms with Crippen molar-refractivity contribution in [1.29, 1.82) is 0 Å². The molecule has 23 heavy (non-hydrogen) atoms. The van der Waals surface area contributed by atoms with E-state index in [-0.39, 0.29) is 5.75 Å². The van der Waals surface area contributed by atoms with E-state index >= 15 is 0 Å². The van der Waals surface area contributed by atoms with Gasteiger partial charge in [-0.05, 0) is 23.8 Å². The monoisotopic (exact) mass is 329 g/mol. The van der Waals surface area contributed by atoms with Gasteiger partial charge in [0.05, 0.1) is 12.7 Å². The van der Waals surface area contributed by atoms with Crippen molar-refractivity contribution in [3.8, 4) is 33.9 Å². The predicted molar refractivity (Wildman–Crippen MR) is 92.4 cm³/mol. The Morgan fingerprint density at radius 1 is 1.09 bits per heavy atom. The summed E-state index contributed by atoms with van der Waals surface area (Å²) in [5.74, 6) is 1.54. The van der Waals surface area contributed by atoms with Gasteiger partial charge in [-0.3, -0.25) is 0 Å². The third kappa shape index (κ3) is 2.85. The molecule has 0 unspecified atom stereocenters. The molecule has 0 radical (unpaired) electrons. The summed E-state index contributed by atoms with van der Waals surface area (Å²) in [6.45, 7) is 0. The summed E-state index contributed by atoms with van der Waals surface area (Å²) in [6, 6.07) is 14.7. The molecule has 0 aliphatic heterocycles. The second-order valence-corrected chi connectivity index (χ2v) is 5.42. The molecule has 118 valence electrons. The van der Waals surface area contributed by atoms with Gasteiger partial charge in [0.25, 0.3) is 0 Å². The highest BCUT2D eigenvalue weighted by Crippen LogP contribution is 2.47. The smallest absolute Gasteiger partial charge is 0.205 e. The topological polar surface area (TPSA) is 54.6 Å². The van der Waals surface area contributed by atoms with Crippen molar-refractivity contribution >= 4 is 17.5 Å². The maximum absolute atomic E-state index is 10.7. The van der Waals surface area contributed by atoms with Gasteiger partial charge in [-0.1, -0.05) is 41.9 Å². The van der Waals surface area contributed by atoms with Crippen LogP contribution >= 0.6 is 11.6 Å². The maximum atomic E-state index is 10.7. The van der Waals surface area contributed by atoms with E-state index in [9.17, 15) is 5.11 Å². The first-order valence-corrected chi connectivity index (χ1v) is 7.45. The summed E-state index contributed by atoms with van der Waals surface area (Å²) in [5, 5.41) is 14.2. The van der Waals surface area contributed by atoms with Gasteiger partial charge >= 0.3 is 0 Å². The fourth-order valence-electron chi connectivity index (χ4n) is 2.48. The quantitative estimate of drug-likeness (QED) is 0.705. The van der Waals surface area contributed by atoms with Gasteiger partial charge in [-0.15, -0.1) is 0 Å². The van der Waals surface area contributed by atoms with Crippen molar-refractivity contribution in [3.05, 3.63) is 53.6 Å². The number of hydrogen-bond acceptors (Lipinski definition) is 4. The van der Waals surface area contributed by atoms with Crippen LogP contribution in [0.4, 0.5) is 5.88 Å². The summed E-state index contributed by atoms with van der Waals surface area (Å²) < 4.78 is 11.0. The predicted octanol–water partition coefficient (Wildman–Crippen LogP) is 5.02. The number of methoxy groups -OCH3 is 1. The summed E-state index contributed by atoms with van der Waals surface area (Å²) >= 11 is 6.14. The Morgan fingerprint density at radius 2 is 1.83 bits per heavy atom. The van der Waals surface area contributed by atoms with E-state index in [1.807, 2.05) is 30.3 Å². The van der Waals surface area contributed by atoms with Crippen LogP contribution in [0.5, 0.6) is 11.5 Å². The van der Waals surface area contributed by atoms with E-state index in [0.717, 1.165) is 5.56 Å². The standard InChI is InChI=1S/C18H16ClNO3/c1-20-18-15(12-8-13(19)10-14(9-12)22-2)16(21)17(23-18)11-6-4-3-5-7-11/h3-10,20-21H,1-2H3.